The van der Waals surface area contributed by atoms with Crippen LogP contribution >= 0.6 is 11.6 Å². The van der Waals surface area contributed by atoms with E-state index in [1.54, 1.807) is 17.1 Å². The number of halogens is 2. The molecule has 2 atom stereocenters. The lowest BCUT2D eigenvalue weighted by Crippen LogP contribution is -2.55. The number of hydrazine groups is 1. The topological polar surface area (TPSA) is 98.0 Å². The highest BCUT2D eigenvalue weighted by Crippen LogP contribution is 2.33. The quantitative estimate of drug-likeness (QED) is 0.547. The van der Waals surface area contributed by atoms with Crippen molar-refractivity contribution in [2.45, 2.75) is 31.6 Å². The summed E-state index contributed by atoms with van der Waals surface area (Å²) in [6.07, 6.45) is 2.85. The Hall–Kier alpha value is -2.87. The van der Waals surface area contributed by atoms with Crippen LogP contribution in [0.4, 0.5) is 15.9 Å². The molecular formula is C21H24ClFN8O. The molecule has 5 rings (SSSR count). The first kappa shape index (κ1) is 21.0. The van der Waals surface area contributed by atoms with Crippen molar-refractivity contribution in [1.82, 2.24) is 24.6 Å². The number of nitriles is 1. The van der Waals surface area contributed by atoms with Crippen molar-refractivity contribution >= 4 is 34.1 Å². The zero-order valence-electron chi connectivity index (χ0n) is 17.6. The summed E-state index contributed by atoms with van der Waals surface area (Å²) in [5.41, 5.74) is 5.01. The fraction of sp³-hybridized carbons (Fsp3) is 0.476. The number of nitrogens with zero attached hydrogens (tertiary/aromatic N) is 6. The fourth-order valence-corrected chi connectivity index (χ4v) is 4.55. The minimum atomic E-state index is -1.05. The van der Waals surface area contributed by atoms with E-state index in [0.717, 1.165) is 11.9 Å². The molecule has 3 aromatic heterocycles. The summed E-state index contributed by atoms with van der Waals surface area (Å²) in [7, 11) is 0. The SMILES string of the molecule is CCN(Nc1cnn([C@H]2CCN(C3COC3)C[C@@H]2F)c1Cl)c1ccc2c(C#N)c[nH]c2n1. The number of ether oxygens (including phenoxy) is 1. The molecule has 168 valence electrons. The number of piperidine rings is 1. The van der Waals surface area contributed by atoms with Crippen molar-refractivity contribution in [3.63, 3.8) is 0 Å². The van der Waals surface area contributed by atoms with Crippen LogP contribution < -0.4 is 10.4 Å². The van der Waals surface area contributed by atoms with Gasteiger partial charge in [0.05, 0.1) is 37.1 Å². The lowest BCUT2D eigenvalue weighted by Gasteiger charge is -2.42. The number of rotatable bonds is 6. The molecule has 0 aliphatic carbocycles. The van der Waals surface area contributed by atoms with Crippen LogP contribution in [0.2, 0.25) is 5.15 Å². The van der Waals surface area contributed by atoms with Gasteiger partial charge in [-0.25, -0.2) is 14.1 Å². The van der Waals surface area contributed by atoms with Crippen molar-refractivity contribution in [2.75, 3.05) is 43.3 Å². The third-order valence-corrected chi connectivity index (χ3v) is 6.59. The normalized spacial score (nSPS) is 21.9. The molecule has 0 radical (unpaired) electrons. The number of aromatic amines is 1. The smallest absolute Gasteiger partial charge is 0.152 e. The molecule has 3 aromatic rings. The lowest BCUT2D eigenvalue weighted by atomic mass is 10.0. The Labute approximate surface area is 189 Å². The van der Waals surface area contributed by atoms with Gasteiger partial charge < -0.3 is 9.72 Å². The van der Waals surface area contributed by atoms with Crippen molar-refractivity contribution in [3.05, 3.63) is 35.2 Å². The predicted molar refractivity (Wildman–Crippen MR) is 119 cm³/mol. The van der Waals surface area contributed by atoms with Gasteiger partial charge in [-0.2, -0.15) is 10.4 Å². The van der Waals surface area contributed by atoms with E-state index >= 15 is 0 Å². The Balaban J connectivity index is 1.32. The molecule has 2 saturated heterocycles. The van der Waals surface area contributed by atoms with Gasteiger partial charge in [0.25, 0.3) is 0 Å². The van der Waals surface area contributed by atoms with Gasteiger partial charge in [0.15, 0.2) is 5.15 Å². The third-order valence-electron chi connectivity index (χ3n) is 6.22. The molecule has 0 bridgehead atoms. The lowest BCUT2D eigenvalue weighted by molar-refractivity contribution is -0.0847. The number of hydrogen-bond donors (Lipinski definition) is 2. The molecular weight excluding hydrogens is 435 g/mol. The largest absolute Gasteiger partial charge is 0.378 e. The molecule has 0 saturated carbocycles. The van der Waals surface area contributed by atoms with Gasteiger partial charge in [-0.1, -0.05) is 11.6 Å². The average Bonchev–Trinajstić information content (AvgIpc) is 3.33. The minimum absolute atomic E-state index is 0.325. The molecule has 2 aliphatic rings. The van der Waals surface area contributed by atoms with Crippen molar-refractivity contribution in [1.29, 1.82) is 5.26 Å². The van der Waals surface area contributed by atoms with Gasteiger partial charge in [-0.05, 0) is 25.5 Å². The zero-order chi connectivity index (χ0) is 22.2. The first-order valence-electron chi connectivity index (χ1n) is 10.7. The van der Waals surface area contributed by atoms with Crippen LogP contribution in [0.1, 0.15) is 24.9 Å². The number of aromatic nitrogens is 4. The number of H-pyrrole nitrogens is 1. The molecule has 0 unspecified atom stereocenters. The Morgan fingerprint density at radius 1 is 1.44 bits per heavy atom. The first-order chi connectivity index (χ1) is 15.6. The maximum absolute atomic E-state index is 15.0. The standard InChI is InChI=1S/C21H24ClFN8O/c1-2-30(19-4-3-15-13(7-24)8-25-21(15)27-19)28-17-9-26-31(20(17)22)18-5-6-29(10-16(18)23)14-11-32-12-14/h3-4,8-9,14,16,18,28H,2,5-6,10-12H2,1H3,(H,25,27)/t16-,18-/m0/s1. The molecule has 2 aliphatic heterocycles. The van der Waals surface area contributed by atoms with Gasteiger partial charge >= 0.3 is 0 Å². The summed E-state index contributed by atoms with van der Waals surface area (Å²) in [6, 6.07) is 5.76. The molecule has 32 heavy (non-hydrogen) atoms. The number of hydrogen-bond acceptors (Lipinski definition) is 7. The second-order valence-electron chi connectivity index (χ2n) is 8.09. The Morgan fingerprint density at radius 3 is 2.97 bits per heavy atom. The summed E-state index contributed by atoms with van der Waals surface area (Å²) in [5.74, 6) is 0.662. The molecule has 5 heterocycles. The van der Waals surface area contributed by atoms with Crippen molar-refractivity contribution in [2.24, 2.45) is 0 Å². The number of nitrogens with one attached hydrogen (secondary N) is 2. The highest BCUT2D eigenvalue weighted by molar-refractivity contribution is 6.32. The maximum Gasteiger partial charge on any atom is 0.152 e. The predicted octanol–water partition coefficient (Wildman–Crippen LogP) is 3.12. The highest BCUT2D eigenvalue weighted by Gasteiger charge is 2.37. The summed E-state index contributed by atoms with van der Waals surface area (Å²) >= 11 is 6.61. The summed E-state index contributed by atoms with van der Waals surface area (Å²) in [6.45, 7) is 5.10. The number of pyridine rings is 1. The van der Waals surface area contributed by atoms with E-state index in [4.69, 9.17) is 16.3 Å². The fourth-order valence-electron chi connectivity index (χ4n) is 4.29. The molecule has 0 aromatic carbocycles. The number of alkyl halides is 1. The average molecular weight is 459 g/mol. The Bertz CT molecular complexity index is 1150. The number of anilines is 2. The van der Waals surface area contributed by atoms with E-state index in [0.29, 0.717) is 66.6 Å². The van der Waals surface area contributed by atoms with Crippen LogP contribution in [-0.2, 0) is 4.74 Å². The van der Waals surface area contributed by atoms with Crippen molar-refractivity contribution < 1.29 is 9.13 Å². The molecule has 9 nitrogen and oxygen atoms in total. The van der Waals surface area contributed by atoms with E-state index in [-0.39, 0.29) is 0 Å². The maximum atomic E-state index is 15.0. The molecule has 2 N–H and O–H groups in total. The van der Waals surface area contributed by atoms with Gasteiger partial charge in [0, 0.05) is 31.2 Å². The second kappa shape index (κ2) is 8.58. The molecule has 0 amide bonds. The van der Waals surface area contributed by atoms with Crippen LogP contribution in [0.5, 0.6) is 0 Å². The van der Waals surface area contributed by atoms with Crippen LogP contribution in [0.25, 0.3) is 11.0 Å². The van der Waals surface area contributed by atoms with Gasteiger partial charge in [-0.3, -0.25) is 15.3 Å². The summed E-state index contributed by atoms with van der Waals surface area (Å²) in [4.78, 5) is 9.77. The van der Waals surface area contributed by atoms with Gasteiger partial charge in [-0.15, -0.1) is 0 Å². The first-order valence-corrected chi connectivity index (χ1v) is 11.1. The van der Waals surface area contributed by atoms with Crippen LogP contribution in [0.3, 0.4) is 0 Å². The van der Waals surface area contributed by atoms with E-state index in [9.17, 15) is 9.65 Å². The number of likely N-dealkylation sites (tertiary alicyclic amines) is 1. The van der Waals surface area contributed by atoms with Crippen LogP contribution in [0, 0.1) is 11.3 Å². The monoisotopic (exact) mass is 458 g/mol. The summed E-state index contributed by atoms with van der Waals surface area (Å²) < 4.78 is 21.8. The van der Waals surface area contributed by atoms with E-state index in [1.807, 2.05) is 24.1 Å². The third kappa shape index (κ3) is 3.66. The molecule has 11 heteroatoms. The van der Waals surface area contributed by atoms with Crippen LogP contribution in [-0.4, -0.2) is 69.7 Å². The van der Waals surface area contributed by atoms with Gasteiger partial charge in [0.1, 0.15) is 29.4 Å². The van der Waals surface area contributed by atoms with E-state index in [1.165, 1.54) is 0 Å². The van der Waals surface area contributed by atoms with Gasteiger partial charge in [0.2, 0.25) is 0 Å². The van der Waals surface area contributed by atoms with E-state index < -0.39 is 12.2 Å². The Morgan fingerprint density at radius 2 is 2.28 bits per heavy atom. The number of fused-ring (bicyclic) bond motifs is 1. The van der Waals surface area contributed by atoms with E-state index in [2.05, 4.69) is 31.5 Å². The molecule has 0 spiro atoms. The second-order valence-corrected chi connectivity index (χ2v) is 8.45. The zero-order valence-corrected chi connectivity index (χ0v) is 18.4. The van der Waals surface area contributed by atoms with Crippen LogP contribution in [0.15, 0.2) is 24.5 Å². The summed E-state index contributed by atoms with van der Waals surface area (Å²) in [5, 5.41) is 16.5. The Kier molecular flexibility index (Phi) is 5.63. The minimum Gasteiger partial charge on any atom is -0.378 e. The van der Waals surface area contributed by atoms with Crippen molar-refractivity contribution in [3.8, 4) is 6.07 Å². The molecule has 2 fully saturated rings. The highest BCUT2D eigenvalue weighted by atomic mass is 35.5.